The fraction of sp³-hybridized carbons (Fsp3) is 0.857. The van der Waals surface area contributed by atoms with E-state index in [0.29, 0.717) is 24.0 Å². The normalized spacial score (nSPS) is 29.0. The number of carbonyl (C=O) groups excluding carboxylic acids is 2. The summed E-state index contributed by atoms with van der Waals surface area (Å²) >= 11 is 0. The number of hydrogen-bond donors (Lipinski definition) is 0. The van der Waals surface area contributed by atoms with Crippen LogP contribution in [0.5, 0.6) is 0 Å². The zero-order valence-electron chi connectivity index (χ0n) is 10.8. The van der Waals surface area contributed by atoms with E-state index in [0.717, 1.165) is 51.6 Å². The number of unbranched alkanes of at least 4 members (excludes halogenated alkanes) is 1. The van der Waals surface area contributed by atoms with Crippen molar-refractivity contribution in [3.8, 4) is 0 Å². The SMILES string of the molecule is CCCCC(=O)N1CCC(C2CCCC2=O)C1. The van der Waals surface area contributed by atoms with Gasteiger partial charge < -0.3 is 4.90 Å². The lowest BCUT2D eigenvalue weighted by atomic mass is 9.89. The highest BCUT2D eigenvalue weighted by Gasteiger charge is 2.37. The van der Waals surface area contributed by atoms with Gasteiger partial charge >= 0.3 is 0 Å². The zero-order chi connectivity index (χ0) is 12.3. The summed E-state index contributed by atoms with van der Waals surface area (Å²) in [6.07, 6.45) is 6.66. The van der Waals surface area contributed by atoms with Gasteiger partial charge in [-0.3, -0.25) is 9.59 Å². The topological polar surface area (TPSA) is 37.4 Å². The van der Waals surface area contributed by atoms with E-state index in [1.54, 1.807) is 0 Å². The van der Waals surface area contributed by atoms with Crippen LogP contribution in [0, 0.1) is 11.8 Å². The van der Waals surface area contributed by atoms with Crippen molar-refractivity contribution < 1.29 is 9.59 Å². The molecule has 3 nitrogen and oxygen atoms in total. The molecule has 2 rings (SSSR count). The molecule has 0 bridgehead atoms. The van der Waals surface area contributed by atoms with Crippen LogP contribution in [0.1, 0.15) is 51.9 Å². The highest BCUT2D eigenvalue weighted by atomic mass is 16.2. The number of likely N-dealkylation sites (tertiary alicyclic amines) is 1. The third kappa shape index (κ3) is 2.88. The molecular weight excluding hydrogens is 214 g/mol. The quantitative estimate of drug-likeness (QED) is 0.753. The zero-order valence-corrected chi connectivity index (χ0v) is 10.8. The van der Waals surface area contributed by atoms with Gasteiger partial charge in [0, 0.05) is 31.8 Å². The van der Waals surface area contributed by atoms with Crippen LogP contribution in [-0.2, 0) is 9.59 Å². The molecule has 1 saturated heterocycles. The van der Waals surface area contributed by atoms with Crippen LogP contribution >= 0.6 is 0 Å². The van der Waals surface area contributed by atoms with Crippen molar-refractivity contribution >= 4 is 11.7 Å². The summed E-state index contributed by atoms with van der Waals surface area (Å²) in [6.45, 7) is 3.81. The first kappa shape index (κ1) is 12.6. The summed E-state index contributed by atoms with van der Waals surface area (Å²) in [4.78, 5) is 25.6. The molecule has 2 unspecified atom stereocenters. The Morgan fingerprint density at radius 3 is 2.88 bits per heavy atom. The van der Waals surface area contributed by atoms with E-state index in [2.05, 4.69) is 6.92 Å². The summed E-state index contributed by atoms with van der Waals surface area (Å²) in [5, 5.41) is 0. The molecule has 1 aliphatic heterocycles. The van der Waals surface area contributed by atoms with E-state index in [9.17, 15) is 9.59 Å². The highest BCUT2D eigenvalue weighted by Crippen LogP contribution is 2.34. The molecule has 1 heterocycles. The van der Waals surface area contributed by atoms with Gasteiger partial charge in [-0.15, -0.1) is 0 Å². The third-order valence-corrected chi connectivity index (χ3v) is 4.24. The van der Waals surface area contributed by atoms with Gasteiger partial charge in [-0.25, -0.2) is 0 Å². The minimum atomic E-state index is 0.263. The average molecular weight is 237 g/mol. The standard InChI is InChI=1S/C14H23NO2/c1-2-3-7-14(17)15-9-8-11(10-15)12-5-4-6-13(12)16/h11-12H,2-10H2,1H3. The first-order valence-corrected chi connectivity index (χ1v) is 7.03. The Kier molecular flexibility index (Phi) is 4.19. The van der Waals surface area contributed by atoms with E-state index in [1.165, 1.54) is 0 Å². The summed E-state index contributed by atoms with van der Waals surface area (Å²) in [6, 6.07) is 0. The lowest BCUT2D eigenvalue weighted by Crippen LogP contribution is -2.30. The maximum atomic E-state index is 11.9. The predicted octanol–water partition coefficient (Wildman–Crippen LogP) is 2.39. The molecule has 3 heteroatoms. The molecule has 0 aromatic carbocycles. The molecule has 2 fully saturated rings. The second-order valence-corrected chi connectivity index (χ2v) is 5.46. The number of nitrogens with zero attached hydrogens (tertiary/aromatic N) is 1. The Morgan fingerprint density at radius 1 is 1.41 bits per heavy atom. The Labute approximate surface area is 104 Å². The summed E-state index contributed by atoms with van der Waals surface area (Å²) in [5.74, 6) is 1.45. The van der Waals surface area contributed by atoms with Crippen LogP contribution < -0.4 is 0 Å². The first-order valence-electron chi connectivity index (χ1n) is 7.03. The van der Waals surface area contributed by atoms with E-state index in [-0.39, 0.29) is 5.92 Å². The van der Waals surface area contributed by atoms with Crippen molar-refractivity contribution in [2.24, 2.45) is 11.8 Å². The predicted molar refractivity (Wildman–Crippen MR) is 66.6 cm³/mol. The highest BCUT2D eigenvalue weighted by molar-refractivity contribution is 5.83. The number of carbonyl (C=O) groups is 2. The maximum absolute atomic E-state index is 11.9. The van der Waals surface area contributed by atoms with Gasteiger partial charge in [0.2, 0.25) is 5.91 Å². The first-order chi connectivity index (χ1) is 8.22. The van der Waals surface area contributed by atoms with Gasteiger partial charge in [0.1, 0.15) is 5.78 Å². The van der Waals surface area contributed by atoms with E-state index < -0.39 is 0 Å². The monoisotopic (exact) mass is 237 g/mol. The van der Waals surface area contributed by atoms with Gasteiger partial charge in [-0.05, 0) is 31.6 Å². The van der Waals surface area contributed by atoms with Crippen LogP contribution in [0.4, 0.5) is 0 Å². The second kappa shape index (κ2) is 5.65. The van der Waals surface area contributed by atoms with Crippen molar-refractivity contribution in [2.75, 3.05) is 13.1 Å². The number of Topliss-reactive ketones (excluding diaryl/α,β-unsaturated/α-hetero) is 1. The van der Waals surface area contributed by atoms with E-state index in [1.807, 2.05) is 4.90 Å². The second-order valence-electron chi connectivity index (χ2n) is 5.46. The summed E-state index contributed by atoms with van der Waals surface area (Å²) in [5.41, 5.74) is 0. The largest absolute Gasteiger partial charge is 0.342 e. The fourth-order valence-electron chi connectivity index (χ4n) is 3.17. The van der Waals surface area contributed by atoms with Crippen LogP contribution in [0.3, 0.4) is 0 Å². The summed E-state index contributed by atoms with van der Waals surface area (Å²) < 4.78 is 0. The maximum Gasteiger partial charge on any atom is 0.222 e. The smallest absolute Gasteiger partial charge is 0.222 e. The molecule has 96 valence electrons. The Bertz CT molecular complexity index is 301. The Balaban J connectivity index is 1.82. The number of hydrogen-bond acceptors (Lipinski definition) is 2. The van der Waals surface area contributed by atoms with Crippen LogP contribution in [0.25, 0.3) is 0 Å². The fourth-order valence-corrected chi connectivity index (χ4v) is 3.17. The minimum Gasteiger partial charge on any atom is -0.342 e. The van der Waals surface area contributed by atoms with Crippen LogP contribution in [0.2, 0.25) is 0 Å². The molecule has 0 aromatic rings. The number of rotatable bonds is 4. The van der Waals surface area contributed by atoms with E-state index in [4.69, 9.17) is 0 Å². The molecule has 1 aliphatic carbocycles. The molecule has 1 amide bonds. The molecule has 0 N–H and O–H groups in total. The average Bonchev–Trinajstić information content (AvgIpc) is 2.93. The van der Waals surface area contributed by atoms with Gasteiger partial charge in [0.05, 0.1) is 0 Å². The summed E-state index contributed by atoms with van der Waals surface area (Å²) in [7, 11) is 0. The molecule has 2 atom stereocenters. The van der Waals surface area contributed by atoms with Crippen molar-refractivity contribution in [1.82, 2.24) is 4.90 Å². The molecule has 17 heavy (non-hydrogen) atoms. The molecule has 0 aromatic heterocycles. The van der Waals surface area contributed by atoms with Gasteiger partial charge in [-0.2, -0.15) is 0 Å². The van der Waals surface area contributed by atoms with Gasteiger partial charge in [0.25, 0.3) is 0 Å². The Morgan fingerprint density at radius 2 is 2.24 bits per heavy atom. The molecule has 0 radical (unpaired) electrons. The number of amides is 1. The molecule has 0 spiro atoms. The lowest BCUT2D eigenvalue weighted by molar-refractivity contribution is -0.131. The van der Waals surface area contributed by atoms with Gasteiger partial charge in [0.15, 0.2) is 0 Å². The van der Waals surface area contributed by atoms with E-state index >= 15 is 0 Å². The lowest BCUT2D eigenvalue weighted by Gasteiger charge is -2.19. The number of ketones is 1. The van der Waals surface area contributed by atoms with Crippen LogP contribution in [0.15, 0.2) is 0 Å². The van der Waals surface area contributed by atoms with Crippen molar-refractivity contribution in [3.05, 3.63) is 0 Å². The van der Waals surface area contributed by atoms with Gasteiger partial charge in [-0.1, -0.05) is 13.3 Å². The van der Waals surface area contributed by atoms with Crippen LogP contribution in [-0.4, -0.2) is 29.7 Å². The minimum absolute atomic E-state index is 0.263. The Hall–Kier alpha value is -0.860. The van der Waals surface area contributed by atoms with Crippen molar-refractivity contribution in [2.45, 2.75) is 51.9 Å². The third-order valence-electron chi connectivity index (χ3n) is 4.24. The molecule has 2 aliphatic rings. The van der Waals surface area contributed by atoms with Crippen molar-refractivity contribution in [3.63, 3.8) is 0 Å². The van der Waals surface area contributed by atoms with Crippen molar-refractivity contribution in [1.29, 1.82) is 0 Å². The molecule has 1 saturated carbocycles. The molecular formula is C14H23NO2.